The highest BCUT2D eigenvalue weighted by atomic mass is 127. The maximum Gasteiger partial charge on any atom is 0.191 e. The lowest BCUT2D eigenvalue weighted by atomic mass is 10.1. The molecule has 0 saturated carbocycles. The van der Waals surface area contributed by atoms with E-state index in [1.165, 1.54) is 16.8 Å². The molecule has 3 rings (SSSR count). The molecule has 32 heavy (non-hydrogen) atoms. The molecule has 1 aromatic carbocycles. The molecule has 0 amide bonds. The molecule has 1 saturated heterocycles. The van der Waals surface area contributed by atoms with Crippen molar-refractivity contribution in [3.63, 3.8) is 0 Å². The van der Waals surface area contributed by atoms with Crippen molar-refractivity contribution >= 4 is 29.9 Å². The summed E-state index contributed by atoms with van der Waals surface area (Å²) in [5.74, 6) is 0.854. The van der Waals surface area contributed by atoms with Crippen molar-refractivity contribution < 1.29 is 5.11 Å². The van der Waals surface area contributed by atoms with E-state index in [0.29, 0.717) is 6.54 Å². The summed E-state index contributed by atoms with van der Waals surface area (Å²) >= 11 is 0. The van der Waals surface area contributed by atoms with E-state index in [1.54, 1.807) is 0 Å². The zero-order valence-corrected chi connectivity index (χ0v) is 22.0. The van der Waals surface area contributed by atoms with Crippen molar-refractivity contribution in [1.29, 1.82) is 0 Å². The summed E-state index contributed by atoms with van der Waals surface area (Å²) in [7, 11) is 0. The van der Waals surface area contributed by atoms with Crippen molar-refractivity contribution in [3.8, 4) is 0 Å². The van der Waals surface area contributed by atoms with Crippen LogP contribution >= 0.6 is 24.0 Å². The number of piperidine rings is 1. The highest BCUT2D eigenvalue weighted by Gasteiger charge is 2.16. The first-order chi connectivity index (χ1) is 15.0. The van der Waals surface area contributed by atoms with Gasteiger partial charge in [0.15, 0.2) is 5.96 Å². The molecule has 1 aliphatic rings. The number of benzene rings is 1. The predicted octanol–water partition coefficient (Wildman–Crippen LogP) is 3.22. The van der Waals surface area contributed by atoms with Crippen LogP contribution in [0.3, 0.4) is 0 Å². The lowest BCUT2D eigenvalue weighted by Crippen LogP contribution is -2.38. The summed E-state index contributed by atoms with van der Waals surface area (Å²) < 4.78 is 2.06. The minimum Gasteiger partial charge on any atom is -0.393 e. The number of aliphatic imine (C=N–C) groups is 1. The normalized spacial score (nSPS) is 15.4. The number of aromatic nitrogens is 2. The molecule has 0 bridgehead atoms. The van der Waals surface area contributed by atoms with Crippen LogP contribution in [-0.2, 0) is 19.6 Å². The van der Waals surface area contributed by atoms with E-state index in [1.807, 2.05) is 6.92 Å². The van der Waals surface area contributed by atoms with E-state index in [4.69, 9.17) is 4.99 Å². The number of rotatable bonds is 9. The summed E-state index contributed by atoms with van der Waals surface area (Å²) in [5.41, 5.74) is 4.80. The summed E-state index contributed by atoms with van der Waals surface area (Å²) in [5, 5.41) is 20.9. The van der Waals surface area contributed by atoms with Crippen LogP contribution in [0.25, 0.3) is 0 Å². The number of aliphatic hydroxyl groups excluding tert-OH is 1. The first-order valence-corrected chi connectivity index (χ1v) is 11.5. The standard InChI is InChI=1S/C24H38N6O.HI/c1-4-25-24(26-12-5-13-30-20(3)16-19(2)28-30)27-17-21-6-8-22(9-7-21)18-29-14-10-23(31)11-15-29;/h6-9,16,23,31H,4-5,10-15,17-18H2,1-3H3,(H2,25,26,27);1H. The van der Waals surface area contributed by atoms with Gasteiger partial charge < -0.3 is 15.7 Å². The minimum atomic E-state index is -0.116. The monoisotopic (exact) mass is 554 g/mol. The van der Waals surface area contributed by atoms with Crippen molar-refractivity contribution in [3.05, 3.63) is 52.8 Å². The maximum absolute atomic E-state index is 9.65. The van der Waals surface area contributed by atoms with Gasteiger partial charge in [0.05, 0.1) is 18.3 Å². The van der Waals surface area contributed by atoms with Crippen molar-refractivity contribution in [2.24, 2.45) is 4.99 Å². The number of nitrogens with one attached hydrogen (secondary N) is 2. The largest absolute Gasteiger partial charge is 0.393 e. The van der Waals surface area contributed by atoms with Crippen LogP contribution in [0.1, 0.15) is 48.7 Å². The topological polar surface area (TPSA) is 77.7 Å². The van der Waals surface area contributed by atoms with E-state index >= 15 is 0 Å². The van der Waals surface area contributed by atoms with Gasteiger partial charge in [-0.3, -0.25) is 9.58 Å². The Bertz CT molecular complexity index is 828. The van der Waals surface area contributed by atoms with Gasteiger partial charge in [-0.05, 0) is 57.2 Å². The Hall–Kier alpha value is -1.65. The van der Waals surface area contributed by atoms with E-state index < -0.39 is 0 Å². The number of halogens is 1. The first kappa shape index (κ1) is 26.6. The Labute approximate surface area is 209 Å². The van der Waals surface area contributed by atoms with E-state index in [2.05, 4.69) is 69.5 Å². The van der Waals surface area contributed by atoms with Crippen molar-refractivity contribution in [1.82, 2.24) is 25.3 Å². The molecule has 0 atom stereocenters. The third-order valence-electron chi connectivity index (χ3n) is 5.69. The number of aryl methyl sites for hydroxylation is 3. The molecule has 2 heterocycles. The molecule has 7 nitrogen and oxygen atoms in total. The third kappa shape index (κ3) is 8.71. The van der Waals surface area contributed by atoms with Crippen molar-refractivity contribution in [2.45, 2.75) is 65.8 Å². The molecule has 0 spiro atoms. The van der Waals surface area contributed by atoms with Gasteiger partial charge in [0.1, 0.15) is 0 Å². The number of guanidine groups is 1. The molecule has 178 valence electrons. The molecule has 1 aromatic heterocycles. The highest BCUT2D eigenvalue weighted by Crippen LogP contribution is 2.14. The molecular formula is C24H39IN6O. The molecule has 1 aliphatic heterocycles. The molecule has 8 heteroatoms. The van der Waals surface area contributed by atoms with Gasteiger partial charge in [0.25, 0.3) is 0 Å². The Morgan fingerprint density at radius 1 is 1.12 bits per heavy atom. The molecule has 1 fully saturated rings. The van der Waals surface area contributed by atoms with E-state index in [-0.39, 0.29) is 30.1 Å². The van der Waals surface area contributed by atoms with Gasteiger partial charge in [-0.25, -0.2) is 4.99 Å². The van der Waals surface area contributed by atoms with Crippen LogP contribution in [0.5, 0.6) is 0 Å². The van der Waals surface area contributed by atoms with Gasteiger partial charge >= 0.3 is 0 Å². The van der Waals surface area contributed by atoms with Crippen LogP contribution in [0, 0.1) is 13.8 Å². The summed E-state index contributed by atoms with van der Waals surface area (Å²) in [6, 6.07) is 10.9. The zero-order chi connectivity index (χ0) is 22.1. The summed E-state index contributed by atoms with van der Waals surface area (Å²) in [6.07, 6.45) is 2.65. The van der Waals surface area contributed by atoms with E-state index in [9.17, 15) is 5.11 Å². The second-order valence-corrected chi connectivity index (χ2v) is 8.45. The average molecular weight is 555 g/mol. The minimum absolute atomic E-state index is 0. The second kappa shape index (κ2) is 13.8. The SMILES string of the molecule is CCNC(=NCc1ccc(CN2CCC(O)CC2)cc1)NCCCn1nc(C)cc1C.I. The maximum atomic E-state index is 9.65. The lowest BCUT2D eigenvalue weighted by Gasteiger charge is -2.29. The van der Waals surface area contributed by atoms with Gasteiger partial charge in [-0.2, -0.15) is 5.10 Å². The summed E-state index contributed by atoms with van der Waals surface area (Å²) in [6.45, 7) is 12.4. The van der Waals surface area contributed by atoms with Crippen LogP contribution in [0.2, 0.25) is 0 Å². The Balaban J connectivity index is 0.00000363. The Morgan fingerprint density at radius 3 is 2.44 bits per heavy atom. The lowest BCUT2D eigenvalue weighted by molar-refractivity contribution is 0.0792. The van der Waals surface area contributed by atoms with Crippen LogP contribution in [0.4, 0.5) is 0 Å². The quantitative estimate of drug-likeness (QED) is 0.192. The number of aliphatic hydroxyl groups is 1. The van der Waals surface area contributed by atoms with Gasteiger partial charge in [0.2, 0.25) is 0 Å². The molecule has 0 radical (unpaired) electrons. The van der Waals surface area contributed by atoms with E-state index in [0.717, 1.165) is 70.2 Å². The fraction of sp³-hybridized carbons (Fsp3) is 0.583. The fourth-order valence-corrected chi connectivity index (χ4v) is 3.93. The number of likely N-dealkylation sites (tertiary alicyclic amines) is 1. The van der Waals surface area contributed by atoms with Gasteiger partial charge in [-0.1, -0.05) is 24.3 Å². The van der Waals surface area contributed by atoms with Crippen LogP contribution < -0.4 is 10.6 Å². The highest BCUT2D eigenvalue weighted by molar-refractivity contribution is 14.0. The second-order valence-electron chi connectivity index (χ2n) is 8.45. The number of hydrogen-bond donors (Lipinski definition) is 3. The fourth-order valence-electron chi connectivity index (χ4n) is 3.93. The molecule has 3 N–H and O–H groups in total. The molecular weight excluding hydrogens is 515 g/mol. The molecule has 0 aliphatic carbocycles. The Kier molecular flexibility index (Phi) is 11.5. The Morgan fingerprint density at radius 2 is 1.81 bits per heavy atom. The van der Waals surface area contributed by atoms with Crippen LogP contribution in [-0.4, -0.2) is 58.0 Å². The molecule has 0 unspecified atom stereocenters. The molecule has 2 aromatic rings. The van der Waals surface area contributed by atoms with Crippen LogP contribution in [0.15, 0.2) is 35.3 Å². The number of nitrogens with zero attached hydrogens (tertiary/aromatic N) is 4. The van der Waals surface area contributed by atoms with Gasteiger partial charge in [0, 0.05) is 45.0 Å². The summed E-state index contributed by atoms with van der Waals surface area (Å²) in [4.78, 5) is 7.15. The third-order valence-corrected chi connectivity index (χ3v) is 5.69. The number of hydrogen-bond acceptors (Lipinski definition) is 4. The predicted molar refractivity (Wildman–Crippen MR) is 142 cm³/mol. The first-order valence-electron chi connectivity index (χ1n) is 11.5. The average Bonchev–Trinajstić information content (AvgIpc) is 3.09. The van der Waals surface area contributed by atoms with Gasteiger partial charge in [-0.15, -0.1) is 24.0 Å². The smallest absolute Gasteiger partial charge is 0.191 e. The van der Waals surface area contributed by atoms with Crippen molar-refractivity contribution in [2.75, 3.05) is 26.2 Å². The zero-order valence-electron chi connectivity index (χ0n) is 19.7.